The number of nitrogens with two attached hydrogens (primary N) is 1. The van der Waals surface area contributed by atoms with Crippen molar-refractivity contribution >= 4 is 32.3 Å². The second kappa shape index (κ2) is 8.56. The summed E-state index contributed by atoms with van der Waals surface area (Å²) in [5.41, 5.74) is 7.50. The van der Waals surface area contributed by atoms with Crippen LogP contribution in [0, 0.1) is 10.1 Å². The molecule has 9 heteroatoms. The highest BCUT2D eigenvalue weighted by atomic mass is 32.1. The molecule has 2 aromatic heterocycles. The maximum absolute atomic E-state index is 12.7. The van der Waals surface area contributed by atoms with E-state index in [1.165, 1.54) is 11.3 Å². The summed E-state index contributed by atoms with van der Waals surface area (Å²) < 4.78 is 0.999. The normalized spacial score (nSPS) is 11.9. The minimum absolute atomic E-state index is 0.00601. The van der Waals surface area contributed by atoms with E-state index in [2.05, 4.69) is 15.1 Å². The lowest BCUT2D eigenvalue weighted by Gasteiger charge is -2.15. The van der Waals surface area contributed by atoms with Gasteiger partial charge in [-0.15, -0.1) is 21.5 Å². The maximum Gasteiger partial charge on any atom is 0.294 e. The van der Waals surface area contributed by atoms with Gasteiger partial charge in [-0.2, -0.15) is 0 Å². The summed E-state index contributed by atoms with van der Waals surface area (Å²) in [7, 11) is 0. The molecule has 27 heavy (non-hydrogen) atoms. The molecule has 0 spiro atoms. The van der Waals surface area contributed by atoms with Crippen LogP contribution in [-0.2, 0) is 16.1 Å². The molecule has 3 rings (SSSR count). The van der Waals surface area contributed by atoms with E-state index in [-0.39, 0.29) is 19.1 Å². The maximum atomic E-state index is 12.7. The smallest absolute Gasteiger partial charge is 0.294 e. The minimum Gasteiger partial charge on any atom is -0.329 e. The van der Waals surface area contributed by atoms with Gasteiger partial charge in [0.1, 0.15) is 6.61 Å². The fourth-order valence-corrected chi connectivity index (χ4v) is 3.64. The van der Waals surface area contributed by atoms with E-state index in [0.29, 0.717) is 6.42 Å². The topological polar surface area (TPSA) is 120 Å². The van der Waals surface area contributed by atoms with Crippen molar-refractivity contribution in [3.63, 3.8) is 0 Å². The number of nitrogens with one attached hydrogen (secondary N) is 1. The van der Waals surface area contributed by atoms with E-state index in [1.54, 1.807) is 12.4 Å². The monoisotopic (exact) mass is 386 g/mol. The van der Waals surface area contributed by atoms with Crippen molar-refractivity contribution in [1.82, 2.24) is 4.98 Å². The van der Waals surface area contributed by atoms with Crippen LogP contribution in [0.15, 0.2) is 48.8 Å². The summed E-state index contributed by atoms with van der Waals surface area (Å²) in [6.45, 7) is 0.163. The van der Waals surface area contributed by atoms with Crippen molar-refractivity contribution in [1.29, 1.82) is 0 Å². The van der Waals surface area contributed by atoms with Crippen LogP contribution in [0.4, 0.5) is 5.00 Å². The molecule has 0 radical (unpaired) electrons. The fraction of sp³-hybridized carbons (Fsp3) is 0.222. The third-order valence-corrected chi connectivity index (χ3v) is 5.09. The molecule has 0 saturated heterocycles. The van der Waals surface area contributed by atoms with Gasteiger partial charge < -0.3 is 15.9 Å². The molecule has 0 fully saturated rings. The number of rotatable bonds is 8. The van der Waals surface area contributed by atoms with Gasteiger partial charge in [-0.25, -0.2) is 0 Å². The minimum atomic E-state index is -0.812. The standard InChI is InChI=1S/C18H18N4O4S/c19-10-15(13-3-1-12(2-4-13)6-8-26-22(24)25)18(23)21-17-9-14-5-7-20-11-16(14)27-17/h1-5,7,9,11,15H,6,8,10,19H2,(H,21,23). The Morgan fingerprint density at radius 2 is 2.11 bits per heavy atom. The van der Waals surface area contributed by atoms with Crippen LogP contribution in [-0.4, -0.2) is 29.1 Å². The van der Waals surface area contributed by atoms with Gasteiger partial charge in [-0.05, 0) is 35.1 Å². The highest BCUT2D eigenvalue weighted by Crippen LogP contribution is 2.29. The highest BCUT2D eigenvalue weighted by Gasteiger charge is 2.20. The number of hydrogen-bond donors (Lipinski definition) is 2. The molecule has 2 heterocycles. The largest absolute Gasteiger partial charge is 0.329 e. The average molecular weight is 386 g/mol. The second-order valence-corrected chi connectivity index (χ2v) is 6.93. The second-order valence-electron chi connectivity index (χ2n) is 5.85. The van der Waals surface area contributed by atoms with Gasteiger partial charge in [0.25, 0.3) is 5.09 Å². The molecule has 1 atom stereocenters. The Morgan fingerprint density at radius 1 is 1.33 bits per heavy atom. The number of carbonyl (C=O) groups is 1. The van der Waals surface area contributed by atoms with Gasteiger partial charge >= 0.3 is 0 Å². The van der Waals surface area contributed by atoms with Crippen molar-refractivity contribution in [3.05, 3.63) is 70.0 Å². The Bertz CT molecular complexity index is 909. The number of pyridine rings is 1. The number of amides is 1. The average Bonchev–Trinajstić information content (AvgIpc) is 3.05. The molecule has 1 amide bonds. The van der Waals surface area contributed by atoms with Crippen LogP contribution in [0.3, 0.4) is 0 Å². The lowest BCUT2D eigenvalue weighted by Crippen LogP contribution is -2.27. The molecule has 0 saturated carbocycles. The number of hydrogen-bond acceptors (Lipinski definition) is 7. The first-order valence-corrected chi connectivity index (χ1v) is 9.09. The van der Waals surface area contributed by atoms with Crippen molar-refractivity contribution < 1.29 is 14.7 Å². The predicted octanol–water partition coefficient (Wildman–Crippen LogP) is 2.73. The summed E-state index contributed by atoms with van der Waals surface area (Å²) in [5.74, 6) is -0.668. The van der Waals surface area contributed by atoms with Crippen LogP contribution in [0.2, 0.25) is 0 Å². The molecule has 3 aromatic rings. The summed E-state index contributed by atoms with van der Waals surface area (Å²) in [6.07, 6.45) is 3.88. The fourth-order valence-electron chi connectivity index (χ4n) is 2.70. The first-order valence-electron chi connectivity index (χ1n) is 8.27. The summed E-state index contributed by atoms with van der Waals surface area (Å²) in [4.78, 5) is 31.2. The molecule has 0 aliphatic carbocycles. The van der Waals surface area contributed by atoms with Crippen molar-refractivity contribution in [3.8, 4) is 0 Å². The zero-order valence-corrected chi connectivity index (χ0v) is 15.1. The van der Waals surface area contributed by atoms with Crippen LogP contribution < -0.4 is 11.1 Å². The van der Waals surface area contributed by atoms with Gasteiger partial charge in [0.15, 0.2) is 0 Å². The number of nitrogens with zero attached hydrogens (tertiary/aromatic N) is 2. The SMILES string of the molecule is NCC(C(=O)Nc1cc2ccncc2s1)c1ccc(CCO[N+](=O)[O-])cc1. The van der Waals surface area contributed by atoms with Crippen molar-refractivity contribution in [2.75, 3.05) is 18.5 Å². The van der Waals surface area contributed by atoms with Crippen molar-refractivity contribution in [2.24, 2.45) is 5.73 Å². The van der Waals surface area contributed by atoms with Gasteiger partial charge in [-0.1, -0.05) is 24.3 Å². The summed E-state index contributed by atoms with van der Waals surface area (Å²) in [5, 5.41) is 14.1. The lowest BCUT2D eigenvalue weighted by atomic mass is 9.96. The third-order valence-electron chi connectivity index (χ3n) is 4.09. The molecule has 0 bridgehead atoms. The van der Waals surface area contributed by atoms with Gasteiger partial charge in [0, 0.05) is 18.9 Å². The third kappa shape index (κ3) is 4.78. The Morgan fingerprint density at radius 3 is 2.78 bits per heavy atom. The van der Waals surface area contributed by atoms with E-state index in [1.807, 2.05) is 36.4 Å². The molecule has 3 N–H and O–H groups in total. The first kappa shape index (κ1) is 18.7. The lowest BCUT2D eigenvalue weighted by molar-refractivity contribution is -0.757. The molecule has 140 valence electrons. The molecule has 1 unspecified atom stereocenters. The van der Waals surface area contributed by atoms with Crippen LogP contribution >= 0.6 is 11.3 Å². The summed E-state index contributed by atoms with van der Waals surface area (Å²) >= 11 is 1.46. The number of benzene rings is 1. The number of thiophene rings is 1. The van der Waals surface area contributed by atoms with Crippen LogP contribution in [0.25, 0.3) is 10.1 Å². The Kier molecular flexibility index (Phi) is 5.94. The number of fused-ring (bicyclic) bond motifs is 1. The zero-order chi connectivity index (χ0) is 19.2. The Balaban J connectivity index is 1.66. The Labute approximate surface area is 159 Å². The van der Waals surface area contributed by atoms with Gasteiger partial charge in [0.2, 0.25) is 5.91 Å². The Hall–Kier alpha value is -3.04. The van der Waals surface area contributed by atoms with E-state index >= 15 is 0 Å². The number of aromatic nitrogens is 1. The molecule has 0 aliphatic rings. The molecular weight excluding hydrogens is 368 g/mol. The molecule has 0 aliphatic heterocycles. The van der Waals surface area contributed by atoms with E-state index in [0.717, 1.165) is 26.2 Å². The molecular formula is C18H18N4O4S. The first-order chi connectivity index (χ1) is 13.1. The highest BCUT2D eigenvalue weighted by molar-refractivity contribution is 7.22. The van der Waals surface area contributed by atoms with E-state index in [9.17, 15) is 14.9 Å². The molecule has 8 nitrogen and oxygen atoms in total. The predicted molar refractivity (Wildman–Crippen MR) is 103 cm³/mol. The van der Waals surface area contributed by atoms with Crippen molar-refractivity contribution in [2.45, 2.75) is 12.3 Å². The van der Waals surface area contributed by atoms with E-state index in [4.69, 9.17) is 5.73 Å². The quantitative estimate of drug-likeness (QED) is 0.454. The molecule has 1 aromatic carbocycles. The van der Waals surface area contributed by atoms with Crippen LogP contribution in [0.5, 0.6) is 0 Å². The number of anilines is 1. The van der Waals surface area contributed by atoms with Crippen LogP contribution in [0.1, 0.15) is 17.0 Å². The zero-order valence-electron chi connectivity index (χ0n) is 14.3. The van der Waals surface area contributed by atoms with E-state index < -0.39 is 11.0 Å². The number of carbonyl (C=O) groups excluding carboxylic acids is 1. The van der Waals surface area contributed by atoms with Gasteiger partial charge in [0.05, 0.1) is 15.6 Å². The summed E-state index contributed by atoms with van der Waals surface area (Å²) in [6, 6.07) is 11.1. The van der Waals surface area contributed by atoms with Gasteiger partial charge in [-0.3, -0.25) is 9.78 Å².